The van der Waals surface area contributed by atoms with Crippen LogP contribution in [0.3, 0.4) is 0 Å². The molecule has 1 heterocycles. The van der Waals surface area contributed by atoms with Gasteiger partial charge >= 0.3 is 0 Å². The fourth-order valence-electron chi connectivity index (χ4n) is 3.66. The highest BCUT2D eigenvalue weighted by molar-refractivity contribution is 7.90. The number of hydrogen-bond donors (Lipinski definition) is 0. The van der Waals surface area contributed by atoms with Crippen LogP contribution in [0, 0.1) is 0 Å². The number of carbonyl (C=O) groups is 1. The van der Waals surface area contributed by atoms with E-state index in [1.807, 2.05) is 54.6 Å². The molecular formula is C25H24N2O4S. The normalized spacial score (nSPS) is 16.0. The van der Waals surface area contributed by atoms with Crippen molar-refractivity contribution in [1.29, 1.82) is 0 Å². The molecule has 0 spiro atoms. The molecule has 6 nitrogen and oxygen atoms in total. The summed E-state index contributed by atoms with van der Waals surface area (Å²) in [6.07, 6.45) is 1.72. The van der Waals surface area contributed by atoms with E-state index in [0.717, 1.165) is 28.2 Å². The molecule has 3 aromatic carbocycles. The van der Waals surface area contributed by atoms with Gasteiger partial charge in [0.2, 0.25) is 5.91 Å². The highest BCUT2D eigenvalue weighted by atomic mass is 32.2. The molecule has 1 aliphatic rings. The van der Waals surface area contributed by atoms with Crippen LogP contribution >= 0.6 is 0 Å². The second-order valence-electron chi connectivity index (χ2n) is 7.77. The first-order chi connectivity index (χ1) is 15.3. The number of carbonyl (C=O) groups excluding carboxylic acids is 1. The van der Waals surface area contributed by atoms with Crippen molar-refractivity contribution in [3.8, 4) is 5.75 Å². The summed E-state index contributed by atoms with van der Waals surface area (Å²) in [6.45, 7) is 1.98. The average molecular weight is 449 g/mol. The minimum atomic E-state index is -3.26. The van der Waals surface area contributed by atoms with Gasteiger partial charge in [0, 0.05) is 19.6 Å². The summed E-state index contributed by atoms with van der Waals surface area (Å²) in [6, 6.07) is 24.0. The maximum Gasteiger partial charge on any atom is 0.240 e. The number of sulfone groups is 1. The van der Waals surface area contributed by atoms with E-state index in [1.54, 1.807) is 24.3 Å². The minimum Gasteiger partial charge on any atom is -0.489 e. The summed E-state index contributed by atoms with van der Waals surface area (Å²) in [5, 5.41) is 6.01. The standard InChI is InChI=1S/C25H24N2O4S/c1-18(28)27-25(16-24(26-27)20-10-14-23(15-11-20)32(2,29)30)21-8-12-22(13-9-21)31-17-19-6-4-3-5-7-19/h3-15,25H,16-17H2,1-2H3. The summed E-state index contributed by atoms with van der Waals surface area (Å²) < 4.78 is 29.3. The smallest absolute Gasteiger partial charge is 0.240 e. The highest BCUT2D eigenvalue weighted by Gasteiger charge is 2.31. The fraction of sp³-hybridized carbons (Fsp3) is 0.200. The second-order valence-corrected chi connectivity index (χ2v) is 9.79. The Morgan fingerprint density at radius 3 is 2.25 bits per heavy atom. The van der Waals surface area contributed by atoms with Gasteiger partial charge in [-0.15, -0.1) is 0 Å². The highest BCUT2D eigenvalue weighted by Crippen LogP contribution is 2.33. The SMILES string of the molecule is CC(=O)N1N=C(c2ccc(S(C)(=O)=O)cc2)CC1c1ccc(OCc2ccccc2)cc1. The Hall–Kier alpha value is -3.45. The van der Waals surface area contributed by atoms with Gasteiger partial charge < -0.3 is 4.74 Å². The van der Waals surface area contributed by atoms with E-state index in [1.165, 1.54) is 18.2 Å². The third-order valence-corrected chi connectivity index (χ3v) is 6.49. The molecule has 0 radical (unpaired) electrons. The molecule has 164 valence electrons. The molecule has 7 heteroatoms. The maximum atomic E-state index is 12.2. The molecule has 4 rings (SSSR count). The summed E-state index contributed by atoms with van der Waals surface area (Å²) in [4.78, 5) is 12.5. The van der Waals surface area contributed by atoms with E-state index in [4.69, 9.17) is 4.74 Å². The van der Waals surface area contributed by atoms with Gasteiger partial charge in [-0.25, -0.2) is 13.4 Å². The third kappa shape index (κ3) is 4.89. The Morgan fingerprint density at radius 2 is 1.66 bits per heavy atom. The van der Waals surface area contributed by atoms with Gasteiger partial charge in [0.1, 0.15) is 12.4 Å². The average Bonchev–Trinajstić information content (AvgIpc) is 3.24. The third-order valence-electron chi connectivity index (χ3n) is 5.36. The molecular weight excluding hydrogens is 424 g/mol. The Balaban J connectivity index is 1.49. The van der Waals surface area contributed by atoms with Crippen LogP contribution < -0.4 is 4.74 Å². The monoisotopic (exact) mass is 448 g/mol. The molecule has 1 amide bonds. The van der Waals surface area contributed by atoms with E-state index in [9.17, 15) is 13.2 Å². The molecule has 0 saturated carbocycles. The van der Waals surface area contributed by atoms with Crippen LogP contribution in [0.5, 0.6) is 5.75 Å². The van der Waals surface area contributed by atoms with Gasteiger partial charge in [-0.05, 0) is 41.0 Å². The van der Waals surface area contributed by atoms with Crippen molar-refractivity contribution in [3.05, 3.63) is 95.6 Å². The molecule has 0 saturated heterocycles. The number of hydrazone groups is 1. The lowest BCUT2D eigenvalue weighted by atomic mass is 9.98. The lowest BCUT2D eigenvalue weighted by molar-refractivity contribution is -0.130. The van der Waals surface area contributed by atoms with Crippen LogP contribution in [0.25, 0.3) is 0 Å². The van der Waals surface area contributed by atoms with Gasteiger partial charge in [0.05, 0.1) is 16.6 Å². The molecule has 1 aliphatic heterocycles. The number of hydrogen-bond acceptors (Lipinski definition) is 5. The topological polar surface area (TPSA) is 76.0 Å². The van der Waals surface area contributed by atoms with Gasteiger partial charge in [-0.2, -0.15) is 5.10 Å². The van der Waals surface area contributed by atoms with Crippen molar-refractivity contribution in [3.63, 3.8) is 0 Å². The van der Waals surface area contributed by atoms with Crippen molar-refractivity contribution in [2.24, 2.45) is 5.10 Å². The van der Waals surface area contributed by atoms with Crippen LogP contribution in [0.4, 0.5) is 0 Å². The van der Waals surface area contributed by atoms with Gasteiger partial charge in [0.15, 0.2) is 9.84 Å². The van der Waals surface area contributed by atoms with Crippen LogP contribution in [0.2, 0.25) is 0 Å². The second kappa shape index (κ2) is 8.96. The van der Waals surface area contributed by atoms with Gasteiger partial charge in [0.25, 0.3) is 0 Å². The number of benzene rings is 3. The molecule has 0 N–H and O–H groups in total. The largest absolute Gasteiger partial charge is 0.489 e. The predicted octanol–water partition coefficient (Wildman–Crippen LogP) is 4.37. The summed E-state index contributed by atoms with van der Waals surface area (Å²) in [7, 11) is -3.26. The molecule has 0 bridgehead atoms. The molecule has 1 atom stereocenters. The van der Waals surface area contributed by atoms with E-state index in [-0.39, 0.29) is 16.8 Å². The van der Waals surface area contributed by atoms with Crippen molar-refractivity contribution in [2.75, 3.05) is 6.26 Å². The minimum absolute atomic E-state index is 0.151. The van der Waals surface area contributed by atoms with E-state index >= 15 is 0 Å². The Kier molecular flexibility index (Phi) is 6.10. The van der Waals surface area contributed by atoms with Crippen LogP contribution in [0.15, 0.2) is 88.9 Å². The van der Waals surface area contributed by atoms with Crippen LogP contribution in [-0.2, 0) is 21.2 Å². The fourth-order valence-corrected chi connectivity index (χ4v) is 4.29. The first-order valence-corrected chi connectivity index (χ1v) is 12.1. The zero-order chi connectivity index (χ0) is 22.7. The zero-order valence-corrected chi connectivity index (χ0v) is 18.7. The molecule has 0 aliphatic carbocycles. The molecule has 1 unspecified atom stereocenters. The van der Waals surface area contributed by atoms with Gasteiger partial charge in [-0.3, -0.25) is 4.79 Å². The first kappa shape index (κ1) is 21.8. The molecule has 0 fully saturated rings. The Labute approximate surface area is 188 Å². The van der Waals surface area contributed by atoms with Gasteiger partial charge in [-0.1, -0.05) is 54.6 Å². The number of nitrogens with zero attached hydrogens (tertiary/aromatic N) is 2. The molecule has 32 heavy (non-hydrogen) atoms. The predicted molar refractivity (Wildman–Crippen MR) is 123 cm³/mol. The first-order valence-electron chi connectivity index (χ1n) is 10.3. The number of ether oxygens (including phenoxy) is 1. The van der Waals surface area contributed by atoms with Crippen LogP contribution in [-0.4, -0.2) is 31.3 Å². The van der Waals surface area contributed by atoms with Crippen molar-refractivity contribution in [1.82, 2.24) is 5.01 Å². The van der Waals surface area contributed by atoms with Crippen molar-refractivity contribution >= 4 is 21.5 Å². The van der Waals surface area contributed by atoms with E-state index in [0.29, 0.717) is 13.0 Å². The number of rotatable bonds is 6. The zero-order valence-electron chi connectivity index (χ0n) is 17.9. The van der Waals surface area contributed by atoms with E-state index < -0.39 is 9.84 Å². The van der Waals surface area contributed by atoms with Crippen LogP contribution in [0.1, 0.15) is 36.1 Å². The summed E-state index contributed by atoms with van der Waals surface area (Å²) >= 11 is 0. The number of amides is 1. The van der Waals surface area contributed by atoms with Crippen molar-refractivity contribution in [2.45, 2.75) is 30.9 Å². The molecule has 3 aromatic rings. The quantitative estimate of drug-likeness (QED) is 0.561. The molecule has 0 aromatic heterocycles. The van der Waals surface area contributed by atoms with Crippen molar-refractivity contribution < 1.29 is 17.9 Å². The Bertz CT molecular complexity index is 1240. The Morgan fingerprint density at radius 1 is 1.00 bits per heavy atom. The lowest BCUT2D eigenvalue weighted by Gasteiger charge is -2.20. The summed E-state index contributed by atoms with van der Waals surface area (Å²) in [5.41, 5.74) is 3.59. The maximum absolute atomic E-state index is 12.2. The summed E-state index contributed by atoms with van der Waals surface area (Å²) in [5.74, 6) is 0.602. The lowest BCUT2D eigenvalue weighted by Crippen LogP contribution is -2.24. The van der Waals surface area contributed by atoms with E-state index in [2.05, 4.69) is 5.10 Å².